The van der Waals surface area contributed by atoms with Crippen LogP contribution in [0.3, 0.4) is 0 Å². The van der Waals surface area contributed by atoms with E-state index in [1.54, 1.807) is 11.4 Å². The maximum absolute atomic E-state index is 12.3. The highest BCUT2D eigenvalue weighted by atomic mass is 32.2. The maximum atomic E-state index is 12.3. The highest BCUT2D eigenvalue weighted by molar-refractivity contribution is 7.89. The van der Waals surface area contributed by atoms with Crippen molar-refractivity contribution in [3.8, 4) is 0 Å². The Morgan fingerprint density at radius 2 is 1.88 bits per heavy atom. The average Bonchev–Trinajstić information content (AvgIpc) is 2.40. The second-order valence-corrected chi connectivity index (χ2v) is 8.20. The van der Waals surface area contributed by atoms with Crippen LogP contribution >= 0.6 is 0 Å². The molecule has 0 aliphatic carbocycles. The molecule has 1 aliphatic rings. The molecule has 1 saturated heterocycles. The van der Waals surface area contributed by atoms with Gasteiger partial charge in [0.2, 0.25) is 10.0 Å². The van der Waals surface area contributed by atoms with Crippen molar-refractivity contribution in [2.75, 3.05) is 25.9 Å². The first-order valence-electron chi connectivity index (χ1n) is 6.39. The monoisotopic (exact) mass is 262 g/mol. The van der Waals surface area contributed by atoms with Gasteiger partial charge in [-0.3, -0.25) is 0 Å². The fourth-order valence-corrected chi connectivity index (χ4v) is 4.20. The molecule has 0 amide bonds. The number of sulfonamides is 1. The Morgan fingerprint density at radius 3 is 2.47 bits per heavy atom. The van der Waals surface area contributed by atoms with Crippen LogP contribution in [-0.4, -0.2) is 44.7 Å². The van der Waals surface area contributed by atoms with Gasteiger partial charge in [-0.1, -0.05) is 20.8 Å². The third-order valence-corrected chi connectivity index (χ3v) is 5.52. The molecule has 17 heavy (non-hydrogen) atoms. The van der Waals surface area contributed by atoms with E-state index in [0.29, 0.717) is 0 Å². The molecule has 1 fully saturated rings. The van der Waals surface area contributed by atoms with Gasteiger partial charge in [0.1, 0.15) is 0 Å². The molecule has 0 aromatic heterocycles. The molecule has 5 heteroatoms. The van der Waals surface area contributed by atoms with Crippen molar-refractivity contribution in [2.24, 2.45) is 5.41 Å². The predicted molar refractivity (Wildman–Crippen MR) is 71.5 cm³/mol. The third-order valence-electron chi connectivity index (χ3n) is 3.11. The van der Waals surface area contributed by atoms with Gasteiger partial charge in [0, 0.05) is 13.1 Å². The van der Waals surface area contributed by atoms with Crippen LogP contribution in [0.2, 0.25) is 0 Å². The van der Waals surface area contributed by atoms with Crippen LogP contribution in [0.1, 0.15) is 40.0 Å². The van der Waals surface area contributed by atoms with Crippen molar-refractivity contribution >= 4 is 10.0 Å². The summed E-state index contributed by atoms with van der Waals surface area (Å²) in [6.07, 6.45) is 2.94. The van der Waals surface area contributed by atoms with Gasteiger partial charge >= 0.3 is 0 Å². The van der Waals surface area contributed by atoms with E-state index >= 15 is 0 Å². The average molecular weight is 262 g/mol. The second-order valence-electron chi connectivity index (χ2n) is 6.17. The smallest absolute Gasteiger partial charge is 0.214 e. The molecule has 0 radical (unpaired) electrons. The van der Waals surface area contributed by atoms with Crippen molar-refractivity contribution in [2.45, 2.75) is 46.1 Å². The van der Waals surface area contributed by atoms with Crippen LogP contribution in [0.4, 0.5) is 0 Å². The Labute approximate surface area is 106 Å². The number of nitrogens with one attached hydrogen (secondary N) is 1. The molecule has 1 heterocycles. The summed E-state index contributed by atoms with van der Waals surface area (Å²) in [5, 5.41) is 3.31. The molecule has 1 N–H and O–H groups in total. The molecule has 1 atom stereocenters. The summed E-state index contributed by atoms with van der Waals surface area (Å²) < 4.78 is 26.1. The Balaban J connectivity index is 2.69. The van der Waals surface area contributed by atoms with Crippen LogP contribution < -0.4 is 5.32 Å². The van der Waals surface area contributed by atoms with E-state index in [4.69, 9.17) is 0 Å². The van der Waals surface area contributed by atoms with E-state index in [0.717, 1.165) is 32.4 Å². The molecule has 0 aromatic rings. The summed E-state index contributed by atoms with van der Waals surface area (Å²) >= 11 is 0. The van der Waals surface area contributed by atoms with E-state index in [1.165, 1.54) is 0 Å². The summed E-state index contributed by atoms with van der Waals surface area (Å²) in [4.78, 5) is 0. The van der Waals surface area contributed by atoms with Gasteiger partial charge in [-0.05, 0) is 37.8 Å². The van der Waals surface area contributed by atoms with Gasteiger partial charge in [-0.2, -0.15) is 0 Å². The SMILES string of the molecule is CN(C1CCCNCC1)S(=O)(=O)CC(C)(C)C. The Kier molecular flexibility index (Phi) is 4.98. The molecule has 102 valence electrons. The van der Waals surface area contributed by atoms with Gasteiger partial charge in [0.25, 0.3) is 0 Å². The van der Waals surface area contributed by atoms with Crippen molar-refractivity contribution in [1.82, 2.24) is 9.62 Å². The molecule has 0 bridgehead atoms. The highest BCUT2D eigenvalue weighted by Crippen LogP contribution is 2.22. The van der Waals surface area contributed by atoms with E-state index in [-0.39, 0.29) is 17.2 Å². The van der Waals surface area contributed by atoms with Crippen molar-refractivity contribution < 1.29 is 8.42 Å². The third kappa shape index (κ3) is 4.94. The highest BCUT2D eigenvalue weighted by Gasteiger charge is 2.30. The Bertz CT molecular complexity index is 325. The fourth-order valence-electron chi connectivity index (χ4n) is 2.24. The first-order valence-corrected chi connectivity index (χ1v) is 8.00. The number of nitrogens with zero attached hydrogens (tertiary/aromatic N) is 1. The zero-order valence-corrected chi connectivity index (χ0v) is 12.3. The van der Waals surface area contributed by atoms with E-state index in [9.17, 15) is 8.42 Å². The van der Waals surface area contributed by atoms with Gasteiger partial charge < -0.3 is 5.32 Å². The summed E-state index contributed by atoms with van der Waals surface area (Å²) in [7, 11) is -1.40. The quantitative estimate of drug-likeness (QED) is 0.837. The van der Waals surface area contributed by atoms with Gasteiger partial charge in [-0.15, -0.1) is 0 Å². The lowest BCUT2D eigenvalue weighted by Crippen LogP contribution is -2.41. The van der Waals surface area contributed by atoms with Gasteiger partial charge in [0.05, 0.1) is 5.75 Å². The lowest BCUT2D eigenvalue weighted by atomic mass is 10.0. The first-order chi connectivity index (χ1) is 7.72. The van der Waals surface area contributed by atoms with Crippen LogP contribution in [0, 0.1) is 5.41 Å². The lowest BCUT2D eigenvalue weighted by Gasteiger charge is -2.29. The molecule has 0 saturated carbocycles. The summed E-state index contributed by atoms with van der Waals surface area (Å²) in [6.45, 7) is 7.82. The number of hydrogen-bond donors (Lipinski definition) is 1. The van der Waals surface area contributed by atoms with Gasteiger partial charge in [0.15, 0.2) is 0 Å². The van der Waals surface area contributed by atoms with E-state index in [1.807, 2.05) is 20.8 Å². The maximum Gasteiger partial charge on any atom is 0.214 e. The summed E-state index contributed by atoms with van der Waals surface area (Å²) in [6, 6.07) is 0.164. The van der Waals surface area contributed by atoms with Crippen molar-refractivity contribution in [3.63, 3.8) is 0 Å². The van der Waals surface area contributed by atoms with Gasteiger partial charge in [-0.25, -0.2) is 12.7 Å². The molecule has 0 spiro atoms. The minimum atomic E-state index is -3.13. The summed E-state index contributed by atoms with van der Waals surface area (Å²) in [5.74, 6) is 0.223. The minimum Gasteiger partial charge on any atom is -0.317 e. The molecule has 0 aromatic carbocycles. The fraction of sp³-hybridized carbons (Fsp3) is 1.00. The van der Waals surface area contributed by atoms with Crippen LogP contribution in [-0.2, 0) is 10.0 Å². The number of rotatable bonds is 3. The minimum absolute atomic E-state index is 0.164. The lowest BCUT2D eigenvalue weighted by molar-refractivity contribution is 0.332. The van der Waals surface area contributed by atoms with Crippen molar-refractivity contribution in [1.29, 1.82) is 0 Å². The van der Waals surface area contributed by atoms with Crippen LogP contribution in [0.5, 0.6) is 0 Å². The summed E-state index contributed by atoms with van der Waals surface area (Å²) in [5.41, 5.74) is -0.184. The molecule has 1 aliphatic heterocycles. The van der Waals surface area contributed by atoms with E-state index < -0.39 is 10.0 Å². The number of hydrogen-bond acceptors (Lipinski definition) is 3. The second kappa shape index (κ2) is 5.67. The zero-order valence-electron chi connectivity index (χ0n) is 11.5. The van der Waals surface area contributed by atoms with Crippen LogP contribution in [0.25, 0.3) is 0 Å². The molecule has 1 unspecified atom stereocenters. The normalized spacial score (nSPS) is 23.7. The molecular formula is C12H26N2O2S. The molecule has 1 rings (SSSR count). The predicted octanol–water partition coefficient (Wildman–Crippen LogP) is 1.44. The van der Waals surface area contributed by atoms with Crippen molar-refractivity contribution in [3.05, 3.63) is 0 Å². The Morgan fingerprint density at radius 1 is 1.24 bits per heavy atom. The molecular weight excluding hydrogens is 236 g/mol. The largest absolute Gasteiger partial charge is 0.317 e. The van der Waals surface area contributed by atoms with Crippen LogP contribution in [0.15, 0.2) is 0 Å². The zero-order chi connectivity index (χ0) is 13.1. The standard InChI is InChI=1S/C12H26N2O2S/c1-12(2,3)10-17(15,16)14(4)11-6-5-8-13-9-7-11/h11,13H,5-10H2,1-4H3. The first kappa shape index (κ1) is 14.9. The molecule has 4 nitrogen and oxygen atoms in total. The van der Waals surface area contributed by atoms with E-state index in [2.05, 4.69) is 5.32 Å². The Hall–Kier alpha value is -0.130. The topological polar surface area (TPSA) is 49.4 Å².